The molecule has 19 heavy (non-hydrogen) atoms. The van der Waals surface area contributed by atoms with Gasteiger partial charge < -0.3 is 5.32 Å². The van der Waals surface area contributed by atoms with E-state index in [-0.39, 0.29) is 5.91 Å². The van der Waals surface area contributed by atoms with E-state index in [2.05, 4.69) is 26.2 Å². The van der Waals surface area contributed by atoms with E-state index in [9.17, 15) is 4.79 Å². The van der Waals surface area contributed by atoms with Crippen molar-refractivity contribution in [3.63, 3.8) is 0 Å². The fourth-order valence-corrected chi connectivity index (χ4v) is 2.54. The molecule has 0 radical (unpaired) electrons. The maximum absolute atomic E-state index is 12.2. The summed E-state index contributed by atoms with van der Waals surface area (Å²) < 4.78 is 0.662. The van der Waals surface area contributed by atoms with Gasteiger partial charge in [0.15, 0.2) is 0 Å². The Labute approximate surface area is 125 Å². The highest BCUT2D eigenvalue weighted by Crippen LogP contribution is 2.23. The van der Waals surface area contributed by atoms with Gasteiger partial charge in [0.2, 0.25) is 0 Å². The first-order chi connectivity index (χ1) is 8.97. The smallest absolute Gasteiger partial charge is 0.256 e. The number of carbonyl (C=O) groups is 1. The van der Waals surface area contributed by atoms with Crippen molar-refractivity contribution in [1.82, 2.24) is 4.98 Å². The van der Waals surface area contributed by atoms with Crippen molar-refractivity contribution in [2.24, 2.45) is 0 Å². The molecule has 98 valence electrons. The molecule has 0 fully saturated rings. The van der Waals surface area contributed by atoms with Crippen molar-refractivity contribution >= 4 is 39.1 Å². The second-order valence-electron chi connectivity index (χ2n) is 4.16. The number of aryl methyl sites for hydroxylation is 2. The van der Waals surface area contributed by atoms with Crippen LogP contribution in [0.1, 0.15) is 21.7 Å². The number of aromatic nitrogens is 1. The highest BCUT2D eigenvalue weighted by molar-refractivity contribution is 9.10. The number of anilines is 1. The van der Waals surface area contributed by atoms with E-state index in [0.29, 0.717) is 20.7 Å². The van der Waals surface area contributed by atoms with Crippen LogP contribution in [0.2, 0.25) is 5.02 Å². The monoisotopic (exact) mass is 338 g/mol. The second-order valence-corrected chi connectivity index (χ2v) is 5.45. The first-order valence-corrected chi connectivity index (χ1v) is 6.85. The number of amides is 1. The summed E-state index contributed by atoms with van der Waals surface area (Å²) in [4.78, 5) is 16.5. The van der Waals surface area contributed by atoms with Crippen LogP contribution in [0.25, 0.3) is 0 Å². The van der Waals surface area contributed by atoms with Gasteiger partial charge in [0, 0.05) is 15.2 Å². The Kier molecular flexibility index (Phi) is 4.22. The maximum Gasteiger partial charge on any atom is 0.256 e. The van der Waals surface area contributed by atoms with E-state index in [0.717, 1.165) is 11.4 Å². The van der Waals surface area contributed by atoms with Crippen molar-refractivity contribution in [1.29, 1.82) is 0 Å². The molecular formula is C14H12BrClN2O. The summed E-state index contributed by atoms with van der Waals surface area (Å²) in [5, 5.41) is 3.42. The van der Waals surface area contributed by atoms with Gasteiger partial charge >= 0.3 is 0 Å². The van der Waals surface area contributed by atoms with Crippen molar-refractivity contribution in [3.8, 4) is 0 Å². The number of hydrogen-bond acceptors (Lipinski definition) is 2. The summed E-state index contributed by atoms with van der Waals surface area (Å²) >= 11 is 9.18. The van der Waals surface area contributed by atoms with Gasteiger partial charge in [-0.1, -0.05) is 11.6 Å². The number of hydrogen-bond donors (Lipinski definition) is 1. The molecule has 0 saturated heterocycles. The third-order valence-electron chi connectivity index (χ3n) is 2.65. The van der Waals surface area contributed by atoms with Crippen molar-refractivity contribution in [2.45, 2.75) is 13.8 Å². The number of carbonyl (C=O) groups excluding carboxylic acids is 1. The molecule has 0 aliphatic carbocycles. The zero-order valence-corrected chi connectivity index (χ0v) is 12.8. The lowest BCUT2D eigenvalue weighted by Crippen LogP contribution is -2.14. The summed E-state index contributed by atoms with van der Waals surface area (Å²) in [7, 11) is 0. The van der Waals surface area contributed by atoms with Crippen LogP contribution in [0.15, 0.2) is 34.8 Å². The van der Waals surface area contributed by atoms with E-state index >= 15 is 0 Å². The molecule has 1 aromatic heterocycles. The molecule has 0 spiro atoms. The third kappa shape index (κ3) is 3.33. The molecule has 5 heteroatoms. The minimum atomic E-state index is -0.197. The Hall–Kier alpha value is -1.39. The number of halogens is 2. The van der Waals surface area contributed by atoms with Crippen LogP contribution in [0.4, 0.5) is 5.69 Å². The summed E-state index contributed by atoms with van der Waals surface area (Å²) in [5.74, 6) is -0.197. The molecular weight excluding hydrogens is 328 g/mol. The van der Waals surface area contributed by atoms with E-state index in [4.69, 9.17) is 11.6 Å². The summed E-state index contributed by atoms with van der Waals surface area (Å²) in [6.45, 7) is 3.77. The van der Waals surface area contributed by atoms with Crippen molar-refractivity contribution < 1.29 is 4.79 Å². The van der Waals surface area contributed by atoms with Crippen molar-refractivity contribution in [3.05, 3.63) is 56.8 Å². The predicted molar refractivity (Wildman–Crippen MR) is 80.8 cm³/mol. The van der Waals surface area contributed by atoms with Gasteiger partial charge in [-0.2, -0.15) is 0 Å². The summed E-state index contributed by atoms with van der Waals surface area (Å²) in [5.41, 5.74) is 2.95. The van der Waals surface area contributed by atoms with Crippen molar-refractivity contribution in [2.75, 3.05) is 5.32 Å². The van der Waals surface area contributed by atoms with Gasteiger partial charge in [0.05, 0.1) is 16.9 Å². The molecule has 1 amide bonds. The largest absolute Gasteiger partial charge is 0.320 e. The van der Waals surface area contributed by atoms with Crippen LogP contribution in [-0.4, -0.2) is 10.9 Å². The summed E-state index contributed by atoms with van der Waals surface area (Å²) in [6, 6.07) is 8.76. The lowest BCUT2D eigenvalue weighted by atomic mass is 10.2. The van der Waals surface area contributed by atoms with Crippen LogP contribution in [0.5, 0.6) is 0 Å². The zero-order chi connectivity index (χ0) is 14.0. The van der Waals surface area contributed by atoms with Crippen LogP contribution < -0.4 is 5.32 Å². The molecule has 0 saturated carbocycles. The molecule has 0 aliphatic rings. The van der Waals surface area contributed by atoms with E-state index in [1.165, 1.54) is 0 Å². The Morgan fingerprint density at radius 1 is 1.26 bits per heavy atom. The van der Waals surface area contributed by atoms with Crippen LogP contribution in [-0.2, 0) is 0 Å². The molecule has 1 aromatic carbocycles. The fraction of sp³-hybridized carbons (Fsp3) is 0.143. The third-order valence-corrected chi connectivity index (χ3v) is 3.54. The minimum absolute atomic E-state index is 0.197. The molecule has 0 unspecified atom stereocenters. The molecule has 1 heterocycles. The van der Waals surface area contributed by atoms with Gasteiger partial charge in [0.1, 0.15) is 0 Å². The first-order valence-electron chi connectivity index (χ1n) is 5.68. The van der Waals surface area contributed by atoms with E-state index in [1.807, 2.05) is 26.0 Å². The molecule has 2 aromatic rings. The highest BCUT2D eigenvalue weighted by Gasteiger charge is 2.12. The average Bonchev–Trinajstić information content (AvgIpc) is 2.32. The van der Waals surface area contributed by atoms with E-state index < -0.39 is 0 Å². The van der Waals surface area contributed by atoms with Gasteiger partial charge in [-0.25, -0.2) is 0 Å². The molecule has 3 nitrogen and oxygen atoms in total. The van der Waals surface area contributed by atoms with Crippen LogP contribution in [0.3, 0.4) is 0 Å². The second kappa shape index (κ2) is 5.72. The molecule has 2 rings (SSSR count). The highest BCUT2D eigenvalue weighted by atomic mass is 79.9. The predicted octanol–water partition coefficient (Wildman–Crippen LogP) is 4.37. The van der Waals surface area contributed by atoms with E-state index in [1.54, 1.807) is 18.2 Å². The lowest BCUT2D eigenvalue weighted by Gasteiger charge is -2.09. The first kappa shape index (κ1) is 14.0. The maximum atomic E-state index is 12.2. The average molecular weight is 340 g/mol. The molecule has 0 aliphatic heterocycles. The quantitative estimate of drug-likeness (QED) is 0.883. The number of nitrogens with one attached hydrogen (secondary N) is 1. The van der Waals surface area contributed by atoms with Crippen LogP contribution in [0, 0.1) is 13.8 Å². The standard InChI is InChI=1S/C14H12BrClN2O/c1-8-3-6-13(9(2)17-8)18-14(19)11-5-4-10(16)7-12(11)15/h3-7H,1-2H3,(H,18,19). The van der Waals surface area contributed by atoms with Gasteiger partial charge in [-0.05, 0) is 60.1 Å². The number of benzene rings is 1. The molecule has 0 bridgehead atoms. The number of rotatable bonds is 2. The lowest BCUT2D eigenvalue weighted by molar-refractivity contribution is 0.102. The normalized spacial score (nSPS) is 10.3. The van der Waals surface area contributed by atoms with Gasteiger partial charge in [-0.15, -0.1) is 0 Å². The molecule has 0 atom stereocenters. The fourth-order valence-electron chi connectivity index (χ4n) is 1.68. The Balaban J connectivity index is 2.25. The Morgan fingerprint density at radius 3 is 2.63 bits per heavy atom. The topological polar surface area (TPSA) is 42.0 Å². The minimum Gasteiger partial charge on any atom is -0.320 e. The number of nitrogens with zero attached hydrogens (tertiary/aromatic N) is 1. The Morgan fingerprint density at radius 2 is 2.00 bits per heavy atom. The summed E-state index contributed by atoms with van der Waals surface area (Å²) in [6.07, 6.45) is 0. The van der Waals surface area contributed by atoms with Crippen LogP contribution >= 0.6 is 27.5 Å². The van der Waals surface area contributed by atoms with Gasteiger partial charge in [0.25, 0.3) is 5.91 Å². The Bertz CT molecular complexity index is 643. The SMILES string of the molecule is Cc1ccc(NC(=O)c2ccc(Cl)cc2Br)c(C)n1. The zero-order valence-electron chi connectivity index (χ0n) is 10.5. The van der Waals surface area contributed by atoms with Gasteiger partial charge in [-0.3, -0.25) is 9.78 Å². The number of pyridine rings is 1. The molecule has 1 N–H and O–H groups in total.